The molecule has 1 aliphatic heterocycles. The van der Waals surface area contributed by atoms with Gasteiger partial charge < -0.3 is 9.64 Å². The van der Waals surface area contributed by atoms with E-state index in [4.69, 9.17) is 4.74 Å². The van der Waals surface area contributed by atoms with Crippen molar-refractivity contribution in [2.24, 2.45) is 0 Å². The molecule has 0 saturated carbocycles. The first-order valence-corrected chi connectivity index (χ1v) is 10.3. The first kappa shape index (κ1) is 20.4. The van der Waals surface area contributed by atoms with E-state index in [0.29, 0.717) is 5.92 Å². The van der Waals surface area contributed by atoms with Crippen LogP contribution in [0.2, 0.25) is 0 Å². The van der Waals surface area contributed by atoms with Crippen molar-refractivity contribution in [2.75, 3.05) is 45.9 Å². The lowest BCUT2D eigenvalue weighted by molar-refractivity contribution is 0.109. The Morgan fingerprint density at radius 2 is 1.52 bits per heavy atom. The molecule has 1 heterocycles. The van der Waals surface area contributed by atoms with Gasteiger partial charge in [0.15, 0.2) is 0 Å². The van der Waals surface area contributed by atoms with Crippen molar-refractivity contribution in [3.8, 4) is 0 Å². The number of piperazine rings is 1. The Morgan fingerprint density at radius 3 is 2.16 bits per heavy atom. The third-order valence-corrected chi connectivity index (χ3v) is 5.17. The minimum Gasteiger partial charge on any atom is -0.381 e. The smallest absolute Gasteiger partial charge is 0.0466 e. The summed E-state index contributed by atoms with van der Waals surface area (Å²) in [4.78, 5) is 5.21. The molecule has 0 amide bonds. The van der Waals surface area contributed by atoms with Gasteiger partial charge >= 0.3 is 0 Å². The number of benzene rings is 1. The molecule has 25 heavy (non-hydrogen) atoms. The van der Waals surface area contributed by atoms with Crippen LogP contribution >= 0.6 is 0 Å². The van der Waals surface area contributed by atoms with Crippen molar-refractivity contribution in [1.29, 1.82) is 0 Å². The monoisotopic (exact) mass is 346 g/mol. The fraction of sp³-hybridized carbons (Fsp3) is 0.727. The van der Waals surface area contributed by atoms with Gasteiger partial charge in [0.05, 0.1) is 0 Å². The maximum absolute atomic E-state index is 5.64. The lowest BCUT2D eigenvalue weighted by Gasteiger charge is -2.34. The molecule has 3 heteroatoms. The average molecular weight is 347 g/mol. The van der Waals surface area contributed by atoms with Crippen molar-refractivity contribution < 1.29 is 4.74 Å². The number of ether oxygens (including phenoxy) is 1. The fourth-order valence-electron chi connectivity index (χ4n) is 3.33. The molecule has 0 aliphatic carbocycles. The summed E-state index contributed by atoms with van der Waals surface area (Å²) >= 11 is 0. The van der Waals surface area contributed by atoms with Crippen LogP contribution in [0, 0.1) is 0 Å². The lowest BCUT2D eigenvalue weighted by Crippen LogP contribution is -2.46. The molecule has 0 unspecified atom stereocenters. The zero-order chi connectivity index (χ0) is 17.9. The summed E-state index contributed by atoms with van der Waals surface area (Å²) in [5.41, 5.74) is 2.88. The largest absolute Gasteiger partial charge is 0.381 e. The first-order chi connectivity index (χ1) is 12.2. The Kier molecular flexibility index (Phi) is 9.52. The zero-order valence-electron chi connectivity index (χ0n) is 16.7. The Hall–Kier alpha value is -0.900. The third-order valence-electron chi connectivity index (χ3n) is 5.17. The minimum atomic E-state index is 0.620. The molecular weight excluding hydrogens is 308 g/mol. The Bertz CT molecular complexity index is 450. The maximum Gasteiger partial charge on any atom is 0.0466 e. The van der Waals surface area contributed by atoms with E-state index in [0.717, 1.165) is 19.8 Å². The minimum absolute atomic E-state index is 0.620. The number of rotatable bonds is 11. The molecule has 3 nitrogen and oxygen atoms in total. The van der Waals surface area contributed by atoms with Crippen molar-refractivity contribution in [3.05, 3.63) is 35.4 Å². The summed E-state index contributed by atoms with van der Waals surface area (Å²) in [5, 5.41) is 0. The molecule has 0 radical (unpaired) electrons. The third kappa shape index (κ3) is 7.89. The lowest BCUT2D eigenvalue weighted by atomic mass is 10.0. The highest BCUT2D eigenvalue weighted by Gasteiger charge is 2.16. The van der Waals surface area contributed by atoms with Crippen molar-refractivity contribution in [1.82, 2.24) is 9.80 Å². The van der Waals surface area contributed by atoms with E-state index in [-0.39, 0.29) is 0 Å². The van der Waals surface area contributed by atoms with Crippen LogP contribution in [-0.4, -0.2) is 55.7 Å². The van der Waals surface area contributed by atoms with Crippen molar-refractivity contribution in [2.45, 2.75) is 58.9 Å². The predicted molar refractivity (Wildman–Crippen MR) is 107 cm³/mol. The van der Waals surface area contributed by atoms with Gasteiger partial charge in [0.1, 0.15) is 0 Å². The zero-order valence-corrected chi connectivity index (χ0v) is 16.7. The average Bonchev–Trinajstić information content (AvgIpc) is 2.63. The van der Waals surface area contributed by atoms with Crippen LogP contribution in [0.4, 0.5) is 0 Å². The van der Waals surface area contributed by atoms with Gasteiger partial charge in [-0.15, -0.1) is 0 Å². The molecule has 0 spiro atoms. The normalized spacial score (nSPS) is 16.6. The molecular formula is C22H38N2O. The molecule has 2 rings (SSSR count). The summed E-state index contributed by atoms with van der Waals surface area (Å²) in [7, 11) is 0. The Labute approximate surface area is 155 Å². The van der Waals surface area contributed by atoms with Gasteiger partial charge in [-0.3, -0.25) is 4.90 Å². The van der Waals surface area contributed by atoms with Gasteiger partial charge in [-0.25, -0.2) is 0 Å². The van der Waals surface area contributed by atoms with Crippen LogP contribution in [0.5, 0.6) is 0 Å². The van der Waals surface area contributed by atoms with E-state index in [1.165, 1.54) is 69.5 Å². The van der Waals surface area contributed by atoms with E-state index in [1.807, 2.05) is 0 Å². The molecule has 0 aromatic heterocycles. The van der Waals surface area contributed by atoms with E-state index >= 15 is 0 Å². The highest BCUT2D eigenvalue weighted by Crippen LogP contribution is 2.16. The van der Waals surface area contributed by atoms with Gasteiger partial charge in [-0.1, -0.05) is 51.5 Å². The van der Waals surface area contributed by atoms with Crippen molar-refractivity contribution in [3.63, 3.8) is 0 Å². The molecule has 0 atom stereocenters. The molecule has 1 fully saturated rings. The highest BCUT2D eigenvalue weighted by atomic mass is 16.5. The molecule has 1 aliphatic rings. The quantitative estimate of drug-likeness (QED) is 0.548. The molecule has 0 N–H and O–H groups in total. The molecule has 0 bridgehead atoms. The summed E-state index contributed by atoms with van der Waals surface area (Å²) in [6.45, 7) is 15.7. The Balaban J connectivity index is 1.57. The van der Waals surface area contributed by atoms with Crippen LogP contribution < -0.4 is 0 Å². The van der Waals surface area contributed by atoms with Crippen LogP contribution in [0.3, 0.4) is 0 Å². The molecule has 1 aromatic rings. The SMILES string of the molecule is CCCCOCCCCN1CCN(Cc2ccc(C(C)C)cc2)CC1. The number of hydrogen-bond acceptors (Lipinski definition) is 3. The second-order valence-electron chi connectivity index (χ2n) is 7.69. The van der Waals surface area contributed by atoms with Crippen LogP contribution in [-0.2, 0) is 11.3 Å². The van der Waals surface area contributed by atoms with E-state index < -0.39 is 0 Å². The molecule has 142 valence electrons. The standard InChI is InChI=1S/C22H38N2O/c1-4-5-17-25-18-7-6-12-23-13-15-24(16-14-23)19-21-8-10-22(11-9-21)20(2)3/h8-11,20H,4-7,12-19H2,1-3H3. The fourth-order valence-corrected chi connectivity index (χ4v) is 3.33. The van der Waals surface area contributed by atoms with Gasteiger partial charge in [-0.2, -0.15) is 0 Å². The molecule has 1 aromatic carbocycles. The molecule has 1 saturated heterocycles. The van der Waals surface area contributed by atoms with Gasteiger partial charge in [0, 0.05) is 45.9 Å². The van der Waals surface area contributed by atoms with Crippen LogP contribution in [0.1, 0.15) is 63.5 Å². The summed E-state index contributed by atoms with van der Waals surface area (Å²) < 4.78 is 5.64. The maximum atomic E-state index is 5.64. The summed E-state index contributed by atoms with van der Waals surface area (Å²) in [6, 6.07) is 9.19. The second-order valence-corrected chi connectivity index (χ2v) is 7.69. The summed E-state index contributed by atoms with van der Waals surface area (Å²) in [6.07, 6.45) is 4.89. The van der Waals surface area contributed by atoms with E-state index in [9.17, 15) is 0 Å². The number of hydrogen-bond donors (Lipinski definition) is 0. The van der Waals surface area contributed by atoms with Gasteiger partial charge in [-0.05, 0) is 42.9 Å². The number of nitrogens with zero attached hydrogens (tertiary/aromatic N) is 2. The van der Waals surface area contributed by atoms with Gasteiger partial charge in [0.2, 0.25) is 0 Å². The van der Waals surface area contributed by atoms with E-state index in [2.05, 4.69) is 54.8 Å². The highest BCUT2D eigenvalue weighted by molar-refractivity contribution is 5.24. The Morgan fingerprint density at radius 1 is 0.880 bits per heavy atom. The number of unbranched alkanes of at least 4 members (excludes halogenated alkanes) is 2. The van der Waals surface area contributed by atoms with Crippen LogP contribution in [0.25, 0.3) is 0 Å². The van der Waals surface area contributed by atoms with Crippen LogP contribution in [0.15, 0.2) is 24.3 Å². The first-order valence-electron chi connectivity index (χ1n) is 10.3. The van der Waals surface area contributed by atoms with E-state index in [1.54, 1.807) is 0 Å². The van der Waals surface area contributed by atoms with Gasteiger partial charge in [0.25, 0.3) is 0 Å². The second kappa shape index (κ2) is 11.7. The predicted octanol–water partition coefficient (Wildman–Crippen LogP) is 4.52. The van der Waals surface area contributed by atoms with Crippen molar-refractivity contribution >= 4 is 0 Å². The topological polar surface area (TPSA) is 15.7 Å². The summed E-state index contributed by atoms with van der Waals surface area (Å²) in [5.74, 6) is 0.620.